The van der Waals surface area contributed by atoms with Gasteiger partial charge in [-0.25, -0.2) is 0 Å². The van der Waals surface area contributed by atoms with Crippen molar-refractivity contribution >= 4 is 46.4 Å². The quantitative estimate of drug-likeness (QED) is 0.675. The van der Waals surface area contributed by atoms with Gasteiger partial charge in [0.2, 0.25) is 0 Å². The van der Waals surface area contributed by atoms with Gasteiger partial charge in [-0.15, -0.1) is 11.3 Å². The van der Waals surface area contributed by atoms with Gasteiger partial charge in [-0.3, -0.25) is 14.7 Å². The first kappa shape index (κ1) is 19.0. The molecule has 3 aromatic rings. The second kappa shape index (κ2) is 7.95. The van der Waals surface area contributed by atoms with Crippen molar-refractivity contribution < 1.29 is 9.59 Å². The first-order valence-electron chi connectivity index (χ1n) is 8.66. The number of hydrogen-bond acceptors (Lipinski definition) is 4. The fourth-order valence-electron chi connectivity index (χ4n) is 3.10. The van der Waals surface area contributed by atoms with E-state index in [9.17, 15) is 9.59 Å². The zero-order chi connectivity index (χ0) is 19.7. The van der Waals surface area contributed by atoms with Crippen molar-refractivity contribution in [1.82, 2.24) is 20.0 Å². The van der Waals surface area contributed by atoms with Crippen LogP contribution in [0.15, 0.2) is 41.8 Å². The third-order valence-electron chi connectivity index (χ3n) is 4.60. The highest BCUT2D eigenvalue weighted by Crippen LogP contribution is 2.24. The summed E-state index contributed by atoms with van der Waals surface area (Å²) in [6, 6.07) is 10.5. The summed E-state index contributed by atoms with van der Waals surface area (Å²) < 4.78 is 0. The minimum atomic E-state index is -0.159. The second-order valence-corrected chi connectivity index (χ2v) is 8.14. The molecular formula is C19H16Cl2N4O2S. The van der Waals surface area contributed by atoms with Crippen molar-refractivity contribution in [2.24, 2.45) is 0 Å². The number of halogens is 2. The summed E-state index contributed by atoms with van der Waals surface area (Å²) in [4.78, 5) is 29.9. The summed E-state index contributed by atoms with van der Waals surface area (Å²) in [6.07, 6.45) is 0. The van der Waals surface area contributed by atoms with E-state index in [4.69, 9.17) is 23.2 Å². The van der Waals surface area contributed by atoms with Gasteiger partial charge in [-0.1, -0.05) is 29.3 Å². The van der Waals surface area contributed by atoms with Crippen molar-refractivity contribution in [3.05, 3.63) is 63.1 Å². The van der Waals surface area contributed by atoms with E-state index in [2.05, 4.69) is 10.2 Å². The van der Waals surface area contributed by atoms with E-state index in [0.717, 1.165) is 10.6 Å². The number of piperazine rings is 1. The lowest BCUT2D eigenvalue weighted by Crippen LogP contribution is -2.50. The van der Waals surface area contributed by atoms with Crippen LogP contribution >= 0.6 is 34.5 Å². The second-order valence-electron chi connectivity index (χ2n) is 6.35. The predicted molar refractivity (Wildman–Crippen MR) is 110 cm³/mol. The van der Waals surface area contributed by atoms with Gasteiger partial charge >= 0.3 is 0 Å². The van der Waals surface area contributed by atoms with Crippen LogP contribution in [-0.2, 0) is 0 Å². The Morgan fingerprint density at radius 2 is 1.71 bits per heavy atom. The maximum Gasteiger partial charge on any atom is 0.274 e. The zero-order valence-corrected chi connectivity index (χ0v) is 17.0. The minimum absolute atomic E-state index is 0.143. The lowest BCUT2D eigenvalue weighted by atomic mass is 10.1. The molecular weight excluding hydrogens is 419 g/mol. The van der Waals surface area contributed by atoms with Crippen molar-refractivity contribution in [3.8, 4) is 10.6 Å². The number of aromatic amines is 1. The van der Waals surface area contributed by atoms with E-state index in [1.165, 1.54) is 0 Å². The topological polar surface area (TPSA) is 69.3 Å². The number of carbonyl (C=O) groups is 2. The fourth-order valence-corrected chi connectivity index (χ4v) is 4.28. The van der Waals surface area contributed by atoms with Crippen LogP contribution in [0.3, 0.4) is 0 Å². The number of aromatic nitrogens is 2. The molecule has 1 saturated heterocycles. The van der Waals surface area contributed by atoms with E-state index in [0.29, 0.717) is 47.5 Å². The van der Waals surface area contributed by atoms with Gasteiger partial charge in [0.1, 0.15) is 0 Å². The van der Waals surface area contributed by atoms with E-state index < -0.39 is 0 Å². The van der Waals surface area contributed by atoms with Crippen LogP contribution in [0, 0.1) is 0 Å². The van der Waals surface area contributed by atoms with E-state index in [1.54, 1.807) is 45.4 Å². The lowest BCUT2D eigenvalue weighted by molar-refractivity contribution is 0.0532. The third kappa shape index (κ3) is 3.78. The molecule has 1 aliphatic rings. The molecule has 0 unspecified atom stereocenters. The Hall–Kier alpha value is -2.35. The van der Waals surface area contributed by atoms with Crippen LogP contribution in [-0.4, -0.2) is 58.0 Å². The van der Waals surface area contributed by atoms with Crippen LogP contribution in [0.4, 0.5) is 0 Å². The van der Waals surface area contributed by atoms with Crippen LogP contribution in [0.25, 0.3) is 10.6 Å². The molecule has 2 amide bonds. The lowest BCUT2D eigenvalue weighted by Gasteiger charge is -2.34. The number of H-pyrrole nitrogens is 1. The molecule has 0 atom stereocenters. The maximum absolute atomic E-state index is 12.7. The molecule has 28 heavy (non-hydrogen) atoms. The highest BCUT2D eigenvalue weighted by molar-refractivity contribution is 7.13. The molecule has 1 N–H and O–H groups in total. The number of benzene rings is 1. The number of nitrogens with one attached hydrogen (secondary N) is 1. The number of thiophene rings is 1. The van der Waals surface area contributed by atoms with E-state index in [1.807, 2.05) is 17.5 Å². The molecule has 6 nitrogen and oxygen atoms in total. The summed E-state index contributed by atoms with van der Waals surface area (Å²) in [7, 11) is 0. The number of nitrogens with zero attached hydrogens (tertiary/aromatic N) is 3. The van der Waals surface area contributed by atoms with E-state index >= 15 is 0 Å². The molecule has 0 bridgehead atoms. The Labute approximate surface area is 175 Å². The molecule has 4 rings (SSSR count). The number of amides is 2. The Bertz CT molecular complexity index is 1010. The van der Waals surface area contributed by atoms with Crippen molar-refractivity contribution in [2.75, 3.05) is 26.2 Å². The summed E-state index contributed by atoms with van der Waals surface area (Å²) in [6.45, 7) is 1.76. The van der Waals surface area contributed by atoms with Crippen LogP contribution in [0.1, 0.15) is 20.8 Å². The molecule has 1 aromatic carbocycles. The first-order valence-corrected chi connectivity index (χ1v) is 10.3. The first-order chi connectivity index (χ1) is 13.5. The SMILES string of the molecule is O=C(c1cc(-c2cccs2)[nH]n1)N1CCN(C(=O)c2ccc(Cl)cc2Cl)CC1. The van der Waals surface area contributed by atoms with Crippen molar-refractivity contribution in [1.29, 1.82) is 0 Å². The third-order valence-corrected chi connectivity index (χ3v) is 6.05. The molecule has 1 aliphatic heterocycles. The van der Waals surface area contributed by atoms with Crippen LogP contribution < -0.4 is 0 Å². The van der Waals surface area contributed by atoms with Gasteiger partial charge in [0, 0.05) is 31.2 Å². The Morgan fingerprint density at radius 3 is 2.36 bits per heavy atom. The van der Waals surface area contributed by atoms with Gasteiger partial charge in [-0.2, -0.15) is 5.10 Å². The predicted octanol–water partition coefficient (Wildman–Crippen LogP) is 4.04. The average molecular weight is 435 g/mol. The Morgan fingerprint density at radius 1 is 1.00 bits per heavy atom. The molecule has 2 aromatic heterocycles. The molecule has 0 saturated carbocycles. The number of hydrogen-bond donors (Lipinski definition) is 1. The minimum Gasteiger partial charge on any atom is -0.335 e. The van der Waals surface area contributed by atoms with Crippen LogP contribution in [0.5, 0.6) is 0 Å². The van der Waals surface area contributed by atoms with Crippen molar-refractivity contribution in [3.63, 3.8) is 0 Å². The van der Waals surface area contributed by atoms with Gasteiger partial charge < -0.3 is 9.80 Å². The van der Waals surface area contributed by atoms with E-state index in [-0.39, 0.29) is 11.8 Å². The standard InChI is InChI=1S/C19H16Cl2N4O2S/c20-12-3-4-13(14(21)10-12)18(26)24-5-7-25(8-6-24)19(27)16-11-15(22-23-16)17-2-1-9-28-17/h1-4,9-11H,5-8H2,(H,22,23). The molecule has 0 aliphatic carbocycles. The highest BCUT2D eigenvalue weighted by atomic mass is 35.5. The summed E-state index contributed by atoms with van der Waals surface area (Å²) in [5.41, 5.74) is 1.62. The fraction of sp³-hybridized carbons (Fsp3) is 0.211. The Kier molecular flexibility index (Phi) is 5.39. The summed E-state index contributed by atoms with van der Waals surface area (Å²) >= 11 is 13.6. The van der Waals surface area contributed by atoms with Gasteiger partial charge in [0.15, 0.2) is 5.69 Å². The number of rotatable bonds is 3. The largest absolute Gasteiger partial charge is 0.335 e. The molecule has 9 heteroatoms. The summed E-state index contributed by atoms with van der Waals surface area (Å²) in [5, 5.41) is 9.84. The van der Waals surface area contributed by atoms with Crippen LogP contribution in [0.2, 0.25) is 10.0 Å². The van der Waals surface area contributed by atoms with Gasteiger partial charge in [0.05, 0.1) is 21.2 Å². The smallest absolute Gasteiger partial charge is 0.274 e. The normalized spacial score (nSPS) is 14.4. The van der Waals surface area contributed by atoms with Crippen molar-refractivity contribution in [2.45, 2.75) is 0 Å². The number of carbonyl (C=O) groups excluding carboxylic acids is 2. The van der Waals surface area contributed by atoms with Gasteiger partial charge in [0.25, 0.3) is 11.8 Å². The molecule has 1 fully saturated rings. The maximum atomic E-state index is 12.7. The Balaban J connectivity index is 1.40. The monoisotopic (exact) mass is 434 g/mol. The molecule has 144 valence electrons. The molecule has 0 radical (unpaired) electrons. The van der Waals surface area contributed by atoms with Gasteiger partial charge in [-0.05, 0) is 35.7 Å². The molecule has 0 spiro atoms. The average Bonchev–Trinajstić information content (AvgIpc) is 3.39. The highest BCUT2D eigenvalue weighted by Gasteiger charge is 2.27. The molecule has 3 heterocycles. The zero-order valence-electron chi connectivity index (χ0n) is 14.7. The summed E-state index contributed by atoms with van der Waals surface area (Å²) in [5.74, 6) is -0.302.